The number of rotatable bonds is 5. The van der Waals surface area contributed by atoms with Gasteiger partial charge in [-0.25, -0.2) is 4.79 Å². The summed E-state index contributed by atoms with van der Waals surface area (Å²) in [7, 11) is 3.08. The molecule has 1 fully saturated rings. The first kappa shape index (κ1) is 19.9. The van der Waals surface area contributed by atoms with Crippen LogP contribution in [0.3, 0.4) is 0 Å². The Hall–Kier alpha value is -3.35. The SMILES string of the molecule is COc1ccc(C2(C(=O)ON3C(=O)c4ccccc4C3=O)CCCCC2)cc1OC. The lowest BCUT2D eigenvalue weighted by molar-refractivity contribution is -0.177. The topological polar surface area (TPSA) is 82.1 Å². The van der Waals surface area contributed by atoms with Crippen LogP contribution >= 0.6 is 0 Å². The Morgan fingerprint density at radius 2 is 1.47 bits per heavy atom. The Bertz CT molecular complexity index is 974. The molecule has 7 nitrogen and oxygen atoms in total. The molecule has 30 heavy (non-hydrogen) atoms. The third-order valence-electron chi connectivity index (χ3n) is 5.96. The van der Waals surface area contributed by atoms with Crippen molar-refractivity contribution in [3.63, 3.8) is 0 Å². The fraction of sp³-hybridized carbons (Fsp3) is 0.348. The van der Waals surface area contributed by atoms with E-state index < -0.39 is 23.2 Å². The molecule has 0 unspecified atom stereocenters. The number of nitrogens with zero attached hydrogens (tertiary/aromatic N) is 1. The van der Waals surface area contributed by atoms with Crippen LogP contribution in [0.4, 0.5) is 0 Å². The Labute approximate surface area is 174 Å². The average molecular weight is 409 g/mol. The molecule has 1 aliphatic heterocycles. The Balaban J connectivity index is 1.67. The predicted octanol–water partition coefficient (Wildman–Crippen LogP) is 3.66. The molecular weight excluding hydrogens is 386 g/mol. The zero-order valence-electron chi connectivity index (χ0n) is 17.0. The van der Waals surface area contributed by atoms with E-state index >= 15 is 0 Å². The Morgan fingerprint density at radius 1 is 0.867 bits per heavy atom. The van der Waals surface area contributed by atoms with E-state index in [1.54, 1.807) is 43.5 Å². The summed E-state index contributed by atoms with van der Waals surface area (Å²) in [5, 5.41) is 0.587. The highest BCUT2D eigenvalue weighted by atomic mass is 16.7. The molecule has 156 valence electrons. The number of hydrogen-bond acceptors (Lipinski definition) is 6. The smallest absolute Gasteiger partial charge is 0.343 e. The van der Waals surface area contributed by atoms with E-state index in [4.69, 9.17) is 14.3 Å². The minimum atomic E-state index is -0.965. The molecule has 0 aromatic heterocycles. The molecule has 2 aliphatic rings. The molecule has 4 rings (SSSR count). The summed E-state index contributed by atoms with van der Waals surface area (Å²) < 4.78 is 10.7. The monoisotopic (exact) mass is 409 g/mol. The minimum Gasteiger partial charge on any atom is -0.493 e. The van der Waals surface area contributed by atoms with Crippen molar-refractivity contribution in [2.75, 3.05) is 14.2 Å². The van der Waals surface area contributed by atoms with Gasteiger partial charge < -0.3 is 14.3 Å². The van der Waals surface area contributed by atoms with Gasteiger partial charge in [-0.3, -0.25) is 9.59 Å². The van der Waals surface area contributed by atoms with Crippen molar-refractivity contribution >= 4 is 17.8 Å². The van der Waals surface area contributed by atoms with Gasteiger partial charge in [0.2, 0.25) is 0 Å². The van der Waals surface area contributed by atoms with Crippen molar-refractivity contribution in [3.8, 4) is 11.5 Å². The summed E-state index contributed by atoms with van der Waals surface area (Å²) in [5.41, 5.74) is 0.229. The summed E-state index contributed by atoms with van der Waals surface area (Å²) >= 11 is 0. The van der Waals surface area contributed by atoms with Crippen LogP contribution in [-0.4, -0.2) is 37.1 Å². The number of hydrogen-bond donors (Lipinski definition) is 0. The number of ether oxygens (including phenoxy) is 2. The number of imide groups is 1. The molecule has 0 N–H and O–H groups in total. The number of benzene rings is 2. The predicted molar refractivity (Wildman–Crippen MR) is 107 cm³/mol. The molecule has 1 aliphatic carbocycles. The summed E-state index contributed by atoms with van der Waals surface area (Å²) in [6, 6.07) is 11.8. The van der Waals surface area contributed by atoms with Crippen LogP contribution < -0.4 is 9.47 Å². The normalized spacial score (nSPS) is 17.5. The first-order valence-corrected chi connectivity index (χ1v) is 9.94. The molecule has 0 saturated heterocycles. The standard InChI is InChI=1S/C23H23NO6/c1-28-18-11-10-15(14-19(18)29-2)23(12-6-3-7-13-23)22(27)30-24-20(25)16-8-4-5-9-17(16)21(24)26/h4-5,8-11,14H,3,6-7,12-13H2,1-2H3. The average Bonchev–Trinajstić information content (AvgIpc) is 3.04. The molecule has 2 aromatic carbocycles. The van der Waals surface area contributed by atoms with Gasteiger partial charge in [-0.15, -0.1) is 0 Å². The summed E-state index contributed by atoms with van der Waals surface area (Å²) in [5.74, 6) is -0.789. The molecular formula is C23H23NO6. The highest BCUT2D eigenvalue weighted by Crippen LogP contribution is 2.43. The largest absolute Gasteiger partial charge is 0.493 e. The number of carbonyl (C=O) groups is 3. The molecule has 7 heteroatoms. The van der Waals surface area contributed by atoms with Crippen LogP contribution in [0.5, 0.6) is 11.5 Å². The second kappa shape index (κ2) is 7.82. The van der Waals surface area contributed by atoms with Gasteiger partial charge >= 0.3 is 5.97 Å². The third kappa shape index (κ3) is 3.10. The first-order chi connectivity index (χ1) is 14.5. The molecule has 0 atom stereocenters. The lowest BCUT2D eigenvalue weighted by Crippen LogP contribution is -2.44. The van der Waals surface area contributed by atoms with Crippen LogP contribution in [0, 0.1) is 0 Å². The summed E-state index contributed by atoms with van der Waals surface area (Å²) in [4.78, 5) is 44.2. The van der Waals surface area contributed by atoms with Crippen LogP contribution in [0.2, 0.25) is 0 Å². The van der Waals surface area contributed by atoms with Crippen molar-refractivity contribution in [3.05, 3.63) is 59.2 Å². The Morgan fingerprint density at radius 3 is 2.03 bits per heavy atom. The van der Waals surface area contributed by atoms with Crippen molar-refractivity contribution in [1.29, 1.82) is 0 Å². The van der Waals surface area contributed by atoms with Gasteiger partial charge in [-0.2, -0.15) is 0 Å². The highest BCUT2D eigenvalue weighted by Gasteiger charge is 2.47. The highest BCUT2D eigenvalue weighted by molar-refractivity contribution is 6.21. The number of fused-ring (bicyclic) bond motifs is 1. The van der Waals surface area contributed by atoms with Crippen LogP contribution in [0.15, 0.2) is 42.5 Å². The van der Waals surface area contributed by atoms with Crippen molar-refractivity contribution in [2.24, 2.45) is 0 Å². The lowest BCUT2D eigenvalue weighted by Gasteiger charge is -2.36. The molecule has 1 heterocycles. The van der Waals surface area contributed by atoms with Crippen LogP contribution in [0.1, 0.15) is 58.4 Å². The van der Waals surface area contributed by atoms with Gasteiger partial charge in [0.05, 0.1) is 30.8 Å². The van der Waals surface area contributed by atoms with Crippen molar-refractivity contribution < 1.29 is 28.7 Å². The second-order valence-electron chi connectivity index (χ2n) is 7.54. The van der Waals surface area contributed by atoms with Crippen LogP contribution in [-0.2, 0) is 15.0 Å². The molecule has 0 bridgehead atoms. The zero-order valence-corrected chi connectivity index (χ0v) is 17.0. The van der Waals surface area contributed by atoms with Gasteiger partial charge in [0.25, 0.3) is 11.8 Å². The van der Waals surface area contributed by atoms with Crippen molar-refractivity contribution in [2.45, 2.75) is 37.5 Å². The maximum absolute atomic E-state index is 13.4. The van der Waals surface area contributed by atoms with E-state index in [1.165, 1.54) is 7.11 Å². The van der Waals surface area contributed by atoms with E-state index in [0.29, 0.717) is 29.4 Å². The Kier molecular flexibility index (Phi) is 5.20. The molecule has 0 radical (unpaired) electrons. The maximum Gasteiger partial charge on any atom is 0.343 e. The van der Waals surface area contributed by atoms with Gasteiger partial charge in [0.1, 0.15) is 0 Å². The third-order valence-corrected chi connectivity index (χ3v) is 5.96. The fourth-order valence-electron chi connectivity index (χ4n) is 4.32. The molecule has 0 spiro atoms. The van der Waals surface area contributed by atoms with Gasteiger partial charge in [0.15, 0.2) is 11.5 Å². The van der Waals surface area contributed by atoms with Crippen molar-refractivity contribution in [1.82, 2.24) is 5.06 Å². The van der Waals surface area contributed by atoms with Gasteiger partial charge in [-0.1, -0.05) is 42.5 Å². The lowest BCUT2D eigenvalue weighted by atomic mass is 9.69. The molecule has 1 saturated carbocycles. The number of amides is 2. The number of carbonyl (C=O) groups excluding carboxylic acids is 3. The number of methoxy groups -OCH3 is 2. The number of hydroxylamine groups is 2. The van der Waals surface area contributed by atoms with E-state index in [-0.39, 0.29) is 11.1 Å². The van der Waals surface area contributed by atoms with E-state index in [0.717, 1.165) is 24.8 Å². The summed E-state index contributed by atoms with van der Waals surface area (Å²) in [6.07, 6.45) is 3.81. The first-order valence-electron chi connectivity index (χ1n) is 9.94. The van der Waals surface area contributed by atoms with Gasteiger partial charge in [-0.05, 0) is 42.7 Å². The molecule has 2 aromatic rings. The second-order valence-corrected chi connectivity index (χ2v) is 7.54. The van der Waals surface area contributed by atoms with Crippen LogP contribution in [0.25, 0.3) is 0 Å². The van der Waals surface area contributed by atoms with Gasteiger partial charge in [0, 0.05) is 0 Å². The molecule has 2 amide bonds. The quantitative estimate of drug-likeness (QED) is 0.701. The minimum absolute atomic E-state index is 0.235. The van der Waals surface area contributed by atoms with E-state index in [1.807, 2.05) is 6.07 Å². The van der Waals surface area contributed by atoms with E-state index in [2.05, 4.69) is 0 Å². The summed E-state index contributed by atoms with van der Waals surface area (Å²) in [6.45, 7) is 0. The maximum atomic E-state index is 13.4. The zero-order chi connectivity index (χ0) is 21.3. The van der Waals surface area contributed by atoms with E-state index in [9.17, 15) is 14.4 Å². The fourth-order valence-corrected chi connectivity index (χ4v) is 4.32.